The van der Waals surface area contributed by atoms with E-state index in [4.69, 9.17) is 11.6 Å². The van der Waals surface area contributed by atoms with Crippen molar-refractivity contribution in [1.29, 1.82) is 0 Å². The molecular weight excluding hydrogens is 344 g/mol. The van der Waals surface area contributed by atoms with Gasteiger partial charge >= 0.3 is 0 Å². The fourth-order valence-electron chi connectivity index (χ4n) is 2.52. The van der Waals surface area contributed by atoms with Crippen molar-refractivity contribution in [2.45, 2.75) is 39.3 Å². The first-order valence-corrected chi connectivity index (χ1v) is 8.93. The Balaban J connectivity index is 1.95. The molecule has 108 valence electrons. The third-order valence-electron chi connectivity index (χ3n) is 3.74. The van der Waals surface area contributed by atoms with Gasteiger partial charge in [-0.05, 0) is 67.7 Å². The first kappa shape index (κ1) is 15.8. The fraction of sp³-hybridized carbons (Fsp3) is 0.714. The lowest BCUT2D eigenvalue weighted by Gasteiger charge is -2.32. The highest BCUT2D eigenvalue weighted by Crippen LogP contribution is 2.33. The van der Waals surface area contributed by atoms with Crippen LogP contribution in [0.15, 0.2) is 10.5 Å². The summed E-state index contributed by atoms with van der Waals surface area (Å²) in [5.74, 6) is 0.836. The zero-order valence-electron chi connectivity index (χ0n) is 11.6. The van der Waals surface area contributed by atoms with Crippen LogP contribution in [0.5, 0.6) is 0 Å². The highest BCUT2D eigenvalue weighted by atomic mass is 79.9. The lowest BCUT2D eigenvalue weighted by Crippen LogP contribution is -2.38. The monoisotopic (exact) mass is 364 g/mol. The molecule has 0 spiro atoms. The Morgan fingerprint density at radius 2 is 2.16 bits per heavy atom. The predicted molar refractivity (Wildman–Crippen MR) is 88.2 cm³/mol. The summed E-state index contributed by atoms with van der Waals surface area (Å²) >= 11 is 11.3. The van der Waals surface area contributed by atoms with Gasteiger partial charge in [-0.25, -0.2) is 0 Å². The van der Waals surface area contributed by atoms with Gasteiger partial charge in [0.15, 0.2) is 0 Å². The Morgan fingerprint density at radius 3 is 2.68 bits per heavy atom. The summed E-state index contributed by atoms with van der Waals surface area (Å²) in [7, 11) is 0. The Morgan fingerprint density at radius 1 is 1.47 bits per heavy atom. The summed E-state index contributed by atoms with van der Waals surface area (Å²) in [6.45, 7) is 9.13. The number of piperidine rings is 1. The molecule has 1 aromatic rings. The van der Waals surface area contributed by atoms with Crippen molar-refractivity contribution >= 4 is 38.9 Å². The number of halogens is 2. The Labute approximate surface area is 133 Å². The maximum Gasteiger partial charge on any atom is 0.107 e. The second kappa shape index (κ2) is 7.41. The summed E-state index contributed by atoms with van der Waals surface area (Å²) in [4.78, 5) is 3.92. The molecule has 0 bridgehead atoms. The summed E-state index contributed by atoms with van der Waals surface area (Å²) < 4.78 is 1.89. The largest absolute Gasteiger partial charge is 0.317 e. The van der Waals surface area contributed by atoms with Crippen LogP contribution in [0.3, 0.4) is 0 Å². The van der Waals surface area contributed by atoms with Crippen LogP contribution >= 0.6 is 38.9 Å². The van der Waals surface area contributed by atoms with Gasteiger partial charge in [-0.15, -0.1) is 11.3 Å². The van der Waals surface area contributed by atoms with E-state index in [-0.39, 0.29) is 0 Å². The zero-order chi connectivity index (χ0) is 13.8. The van der Waals surface area contributed by atoms with Crippen LogP contribution in [0.4, 0.5) is 0 Å². The van der Waals surface area contributed by atoms with Crippen LogP contribution in [0.25, 0.3) is 0 Å². The molecule has 0 aliphatic carbocycles. The molecule has 19 heavy (non-hydrogen) atoms. The number of hydrogen-bond donors (Lipinski definition) is 1. The molecule has 0 radical (unpaired) electrons. The Bertz CT molecular complexity index is 383. The normalized spacial score (nSPS) is 17.6. The van der Waals surface area contributed by atoms with Crippen molar-refractivity contribution in [2.75, 3.05) is 19.6 Å². The van der Waals surface area contributed by atoms with Crippen molar-refractivity contribution in [2.24, 2.45) is 5.92 Å². The molecular formula is C14H22BrClN2S. The first-order chi connectivity index (χ1) is 9.06. The Hall–Kier alpha value is 0.390. The van der Waals surface area contributed by atoms with Crippen molar-refractivity contribution in [3.8, 4) is 0 Å². The van der Waals surface area contributed by atoms with E-state index in [1.54, 1.807) is 11.3 Å². The molecule has 0 aromatic carbocycles. The van der Waals surface area contributed by atoms with Crippen LogP contribution in [-0.4, -0.2) is 30.6 Å². The Kier molecular flexibility index (Phi) is 6.15. The minimum absolute atomic E-state index is 0.578. The van der Waals surface area contributed by atoms with Crippen molar-refractivity contribution in [3.63, 3.8) is 0 Å². The highest BCUT2D eigenvalue weighted by Gasteiger charge is 2.20. The first-order valence-electron chi connectivity index (χ1n) is 6.94. The quantitative estimate of drug-likeness (QED) is 0.833. The van der Waals surface area contributed by atoms with Gasteiger partial charge in [-0.3, -0.25) is 4.90 Å². The van der Waals surface area contributed by atoms with Gasteiger partial charge in [-0.1, -0.05) is 11.6 Å². The summed E-state index contributed by atoms with van der Waals surface area (Å²) in [6.07, 6.45) is 2.61. The van der Waals surface area contributed by atoms with Crippen LogP contribution in [0.2, 0.25) is 4.34 Å². The SMILES string of the molecule is CC(C)N(Cc1cc(Br)c(Cl)s1)CC1CCNCC1. The van der Waals surface area contributed by atoms with Gasteiger partial charge in [0, 0.05) is 28.5 Å². The van der Waals surface area contributed by atoms with E-state index in [0.717, 1.165) is 21.3 Å². The number of rotatable bonds is 5. The van der Waals surface area contributed by atoms with E-state index in [1.165, 1.54) is 37.4 Å². The maximum absolute atomic E-state index is 6.13. The molecule has 2 rings (SSSR count). The number of nitrogens with zero attached hydrogens (tertiary/aromatic N) is 1. The zero-order valence-corrected chi connectivity index (χ0v) is 14.7. The molecule has 0 saturated carbocycles. The molecule has 2 nitrogen and oxygen atoms in total. The molecule has 0 unspecified atom stereocenters. The van der Waals surface area contributed by atoms with Crippen molar-refractivity contribution in [3.05, 3.63) is 19.8 Å². The maximum atomic E-state index is 6.13. The average molecular weight is 366 g/mol. The van der Waals surface area contributed by atoms with E-state index in [2.05, 4.69) is 46.1 Å². The predicted octanol–water partition coefficient (Wildman–Crippen LogP) is 4.37. The molecule has 1 aliphatic heterocycles. The van der Waals surface area contributed by atoms with Crippen LogP contribution < -0.4 is 5.32 Å². The molecule has 1 aliphatic rings. The van der Waals surface area contributed by atoms with E-state index in [1.807, 2.05) is 0 Å². The number of nitrogens with one attached hydrogen (secondary N) is 1. The van der Waals surface area contributed by atoms with E-state index in [0.29, 0.717) is 6.04 Å². The number of thiophene rings is 1. The van der Waals surface area contributed by atoms with Gasteiger partial charge in [0.2, 0.25) is 0 Å². The molecule has 1 fully saturated rings. The van der Waals surface area contributed by atoms with Crippen LogP contribution in [-0.2, 0) is 6.54 Å². The van der Waals surface area contributed by atoms with Crippen LogP contribution in [0, 0.1) is 5.92 Å². The molecule has 1 aromatic heterocycles. The summed E-state index contributed by atoms with van der Waals surface area (Å²) in [6, 6.07) is 2.74. The minimum Gasteiger partial charge on any atom is -0.317 e. The van der Waals surface area contributed by atoms with Gasteiger partial charge in [0.1, 0.15) is 4.34 Å². The van der Waals surface area contributed by atoms with Crippen molar-refractivity contribution < 1.29 is 0 Å². The topological polar surface area (TPSA) is 15.3 Å². The van der Waals surface area contributed by atoms with Gasteiger partial charge < -0.3 is 5.32 Å². The van der Waals surface area contributed by atoms with Gasteiger partial charge in [0.25, 0.3) is 0 Å². The van der Waals surface area contributed by atoms with E-state index < -0.39 is 0 Å². The minimum atomic E-state index is 0.578. The second-order valence-electron chi connectivity index (χ2n) is 5.55. The van der Waals surface area contributed by atoms with Crippen molar-refractivity contribution in [1.82, 2.24) is 10.2 Å². The van der Waals surface area contributed by atoms with Gasteiger partial charge in [-0.2, -0.15) is 0 Å². The van der Waals surface area contributed by atoms with Crippen LogP contribution in [0.1, 0.15) is 31.6 Å². The molecule has 5 heteroatoms. The lowest BCUT2D eigenvalue weighted by atomic mass is 9.97. The highest BCUT2D eigenvalue weighted by molar-refractivity contribution is 9.10. The molecule has 1 saturated heterocycles. The fourth-order valence-corrected chi connectivity index (χ4v) is 4.34. The molecule has 0 atom stereocenters. The lowest BCUT2D eigenvalue weighted by molar-refractivity contribution is 0.163. The van der Waals surface area contributed by atoms with E-state index in [9.17, 15) is 0 Å². The summed E-state index contributed by atoms with van der Waals surface area (Å²) in [5.41, 5.74) is 0. The second-order valence-corrected chi connectivity index (χ2v) is 8.14. The third kappa shape index (κ3) is 4.71. The van der Waals surface area contributed by atoms with Gasteiger partial charge in [0.05, 0.1) is 0 Å². The number of hydrogen-bond acceptors (Lipinski definition) is 3. The smallest absolute Gasteiger partial charge is 0.107 e. The average Bonchev–Trinajstić information content (AvgIpc) is 2.69. The van der Waals surface area contributed by atoms with E-state index >= 15 is 0 Å². The third-order valence-corrected chi connectivity index (χ3v) is 6.20. The molecule has 0 amide bonds. The summed E-state index contributed by atoms with van der Waals surface area (Å²) in [5, 5.41) is 3.44. The molecule has 2 heterocycles. The molecule has 1 N–H and O–H groups in total. The standard InChI is InChI=1S/C14H22BrClN2S/c1-10(2)18(8-11-3-5-17-6-4-11)9-12-7-13(15)14(16)19-12/h7,10-11,17H,3-6,8-9H2,1-2H3.